The lowest BCUT2D eigenvalue weighted by molar-refractivity contribution is -0.173. The van der Waals surface area contributed by atoms with Crippen LogP contribution in [0.3, 0.4) is 0 Å². The van der Waals surface area contributed by atoms with Crippen molar-refractivity contribution in [2.75, 3.05) is 31.2 Å². The molecule has 0 atom stereocenters. The number of nitrogens with one attached hydrogen (secondary N) is 1. The van der Waals surface area contributed by atoms with Gasteiger partial charge in [0.2, 0.25) is 5.91 Å². The Morgan fingerprint density at radius 3 is 2.56 bits per heavy atom. The number of alkyl halides is 3. The Labute approximate surface area is 144 Å². The van der Waals surface area contributed by atoms with Gasteiger partial charge in [0.15, 0.2) is 0 Å². The minimum atomic E-state index is -4.33. The van der Waals surface area contributed by atoms with Crippen molar-refractivity contribution in [3.63, 3.8) is 0 Å². The molecule has 2 amide bonds. The first-order valence-corrected chi connectivity index (χ1v) is 8.20. The van der Waals surface area contributed by atoms with Crippen LogP contribution in [0.5, 0.6) is 0 Å². The largest absolute Gasteiger partial charge is 0.411 e. The van der Waals surface area contributed by atoms with Crippen molar-refractivity contribution in [2.24, 2.45) is 0 Å². The van der Waals surface area contributed by atoms with E-state index in [4.69, 9.17) is 0 Å². The summed E-state index contributed by atoms with van der Waals surface area (Å²) in [6.45, 7) is -0.446. The lowest BCUT2D eigenvalue weighted by Gasteiger charge is -2.26. The Kier molecular flexibility index (Phi) is 6.81. The van der Waals surface area contributed by atoms with E-state index in [1.54, 1.807) is 29.2 Å². The van der Waals surface area contributed by atoms with Crippen molar-refractivity contribution in [1.82, 2.24) is 5.32 Å². The van der Waals surface area contributed by atoms with Gasteiger partial charge in [-0.2, -0.15) is 13.2 Å². The zero-order valence-electron chi connectivity index (χ0n) is 13.8. The van der Waals surface area contributed by atoms with Crippen LogP contribution in [-0.4, -0.2) is 44.3 Å². The molecule has 0 radical (unpaired) electrons. The van der Waals surface area contributed by atoms with Gasteiger partial charge in [0, 0.05) is 37.4 Å². The third-order valence-corrected chi connectivity index (χ3v) is 3.78. The maximum absolute atomic E-state index is 12.0. The summed E-state index contributed by atoms with van der Waals surface area (Å²) in [6, 6.07) is 6.72. The highest BCUT2D eigenvalue weighted by Crippen LogP contribution is 2.21. The summed E-state index contributed by atoms with van der Waals surface area (Å²) in [6.07, 6.45) is -1.63. The highest BCUT2D eigenvalue weighted by molar-refractivity contribution is 5.96. The number of piperidine rings is 1. The Bertz CT molecular complexity index is 588. The Hall–Kier alpha value is -2.09. The van der Waals surface area contributed by atoms with Gasteiger partial charge in [-0.1, -0.05) is 0 Å². The van der Waals surface area contributed by atoms with Gasteiger partial charge in [-0.05, 0) is 43.5 Å². The molecule has 1 aliphatic rings. The Morgan fingerprint density at radius 1 is 1.20 bits per heavy atom. The zero-order chi connectivity index (χ0) is 18.3. The van der Waals surface area contributed by atoms with Crippen LogP contribution >= 0.6 is 0 Å². The topological polar surface area (TPSA) is 58.6 Å². The normalized spacial score (nSPS) is 15.3. The molecule has 0 spiro atoms. The van der Waals surface area contributed by atoms with Crippen LogP contribution in [0.2, 0.25) is 0 Å². The number of rotatable bonds is 7. The molecule has 5 nitrogen and oxygen atoms in total. The SMILES string of the molecule is O=C(NCCCOCC(F)(F)F)c1ccc(N2CCCCC2=O)cc1. The van der Waals surface area contributed by atoms with Crippen LogP contribution in [0.4, 0.5) is 18.9 Å². The van der Waals surface area contributed by atoms with Crippen LogP contribution in [-0.2, 0) is 9.53 Å². The van der Waals surface area contributed by atoms with E-state index >= 15 is 0 Å². The molecule has 1 fully saturated rings. The van der Waals surface area contributed by atoms with E-state index in [2.05, 4.69) is 10.1 Å². The van der Waals surface area contributed by atoms with E-state index in [-0.39, 0.29) is 25.0 Å². The third-order valence-electron chi connectivity index (χ3n) is 3.78. The van der Waals surface area contributed by atoms with Crippen LogP contribution < -0.4 is 10.2 Å². The Balaban J connectivity index is 1.74. The molecular weight excluding hydrogens is 337 g/mol. The Morgan fingerprint density at radius 2 is 1.92 bits per heavy atom. The minimum absolute atomic E-state index is 0.0736. The van der Waals surface area contributed by atoms with Gasteiger partial charge in [0.05, 0.1) is 0 Å². The zero-order valence-corrected chi connectivity index (χ0v) is 13.8. The number of amides is 2. The van der Waals surface area contributed by atoms with E-state index in [0.29, 0.717) is 24.9 Å². The molecule has 25 heavy (non-hydrogen) atoms. The molecule has 1 heterocycles. The van der Waals surface area contributed by atoms with Gasteiger partial charge in [-0.25, -0.2) is 0 Å². The summed E-state index contributed by atoms with van der Waals surface area (Å²) in [5.41, 5.74) is 1.20. The fourth-order valence-corrected chi connectivity index (χ4v) is 2.54. The molecule has 0 bridgehead atoms. The standard InChI is InChI=1S/C17H21F3N2O3/c18-17(19,20)12-25-11-3-9-21-16(24)13-5-7-14(8-6-13)22-10-2-1-4-15(22)23/h5-8H,1-4,9-12H2,(H,21,24). The van der Waals surface area contributed by atoms with Crippen LogP contribution in [0.15, 0.2) is 24.3 Å². The second-order valence-electron chi connectivity index (χ2n) is 5.83. The van der Waals surface area contributed by atoms with E-state index in [1.165, 1.54) is 0 Å². The molecule has 1 aliphatic heterocycles. The van der Waals surface area contributed by atoms with Crippen LogP contribution in [0.1, 0.15) is 36.0 Å². The van der Waals surface area contributed by atoms with Crippen molar-refractivity contribution in [3.05, 3.63) is 29.8 Å². The number of nitrogens with zero attached hydrogens (tertiary/aromatic N) is 1. The highest BCUT2D eigenvalue weighted by Gasteiger charge is 2.27. The van der Waals surface area contributed by atoms with E-state index < -0.39 is 12.8 Å². The van der Waals surface area contributed by atoms with Crippen LogP contribution in [0, 0.1) is 0 Å². The van der Waals surface area contributed by atoms with E-state index in [9.17, 15) is 22.8 Å². The van der Waals surface area contributed by atoms with Crippen molar-refractivity contribution in [2.45, 2.75) is 31.9 Å². The molecule has 1 aromatic carbocycles. The van der Waals surface area contributed by atoms with Gasteiger partial charge in [0.1, 0.15) is 6.61 Å². The smallest absolute Gasteiger partial charge is 0.372 e. The fourth-order valence-electron chi connectivity index (χ4n) is 2.54. The lowest BCUT2D eigenvalue weighted by atomic mass is 10.1. The third kappa shape index (κ3) is 6.38. The lowest BCUT2D eigenvalue weighted by Crippen LogP contribution is -2.35. The molecule has 138 valence electrons. The summed E-state index contributed by atoms with van der Waals surface area (Å²) < 4.78 is 40.1. The number of hydrogen-bond donors (Lipinski definition) is 1. The van der Waals surface area contributed by atoms with E-state index in [1.807, 2.05) is 0 Å². The van der Waals surface area contributed by atoms with Gasteiger partial charge in [-0.15, -0.1) is 0 Å². The number of benzene rings is 1. The molecule has 0 aliphatic carbocycles. The molecule has 1 aromatic rings. The fraction of sp³-hybridized carbons (Fsp3) is 0.529. The first-order chi connectivity index (χ1) is 11.9. The molecule has 1 saturated heterocycles. The first-order valence-electron chi connectivity index (χ1n) is 8.20. The predicted molar refractivity (Wildman–Crippen MR) is 86.5 cm³/mol. The number of halogens is 3. The summed E-state index contributed by atoms with van der Waals surface area (Å²) in [4.78, 5) is 25.6. The summed E-state index contributed by atoms with van der Waals surface area (Å²) in [5, 5.41) is 2.62. The number of hydrogen-bond acceptors (Lipinski definition) is 3. The number of carbonyl (C=O) groups excluding carboxylic acids is 2. The molecule has 2 rings (SSSR count). The van der Waals surface area contributed by atoms with Gasteiger partial charge < -0.3 is 15.0 Å². The molecule has 8 heteroatoms. The average molecular weight is 358 g/mol. The maximum atomic E-state index is 12.0. The summed E-state index contributed by atoms with van der Waals surface area (Å²) in [7, 11) is 0. The van der Waals surface area contributed by atoms with Crippen molar-refractivity contribution >= 4 is 17.5 Å². The molecular formula is C17H21F3N2O3. The minimum Gasteiger partial charge on any atom is -0.372 e. The van der Waals surface area contributed by atoms with Crippen LogP contribution in [0.25, 0.3) is 0 Å². The predicted octanol–water partition coefficient (Wildman–Crippen LogP) is 2.90. The van der Waals surface area contributed by atoms with Crippen molar-refractivity contribution < 1.29 is 27.5 Å². The quantitative estimate of drug-likeness (QED) is 0.763. The molecule has 1 N–H and O–H groups in total. The first kappa shape index (κ1) is 19.2. The van der Waals surface area contributed by atoms with Crippen molar-refractivity contribution in [3.8, 4) is 0 Å². The molecule has 0 saturated carbocycles. The second-order valence-corrected chi connectivity index (χ2v) is 5.83. The molecule has 0 aromatic heterocycles. The van der Waals surface area contributed by atoms with E-state index in [0.717, 1.165) is 18.5 Å². The van der Waals surface area contributed by atoms with Gasteiger partial charge >= 0.3 is 6.18 Å². The number of ether oxygens (including phenoxy) is 1. The number of carbonyl (C=O) groups is 2. The van der Waals surface area contributed by atoms with Gasteiger partial charge in [-0.3, -0.25) is 9.59 Å². The average Bonchev–Trinajstić information content (AvgIpc) is 2.57. The van der Waals surface area contributed by atoms with Gasteiger partial charge in [0.25, 0.3) is 5.91 Å². The number of anilines is 1. The summed E-state index contributed by atoms with van der Waals surface area (Å²) in [5.74, 6) is -0.227. The summed E-state index contributed by atoms with van der Waals surface area (Å²) >= 11 is 0. The second kappa shape index (κ2) is 8.84. The maximum Gasteiger partial charge on any atom is 0.411 e. The monoisotopic (exact) mass is 358 g/mol. The van der Waals surface area contributed by atoms with Crippen molar-refractivity contribution in [1.29, 1.82) is 0 Å². The molecule has 0 unspecified atom stereocenters. The highest BCUT2D eigenvalue weighted by atomic mass is 19.4.